The number of aliphatic hydroxyl groups excluding tert-OH is 3. The Morgan fingerprint density at radius 3 is 2.59 bits per heavy atom. The lowest BCUT2D eigenvalue weighted by atomic mass is 9.43. The molecule has 9 atom stereocenters. The topological polar surface area (TPSA) is 115 Å². The Bertz CT molecular complexity index is 663. The molecule has 6 nitrogen and oxygen atoms in total. The maximum atomic E-state index is 12.4. The Morgan fingerprint density at radius 2 is 1.93 bits per heavy atom. The zero-order valence-electron chi connectivity index (χ0n) is 16.2. The number of rotatable bonds is 2. The molecule has 0 radical (unpaired) electrons. The van der Waals surface area contributed by atoms with Crippen LogP contribution in [0.5, 0.6) is 0 Å². The Morgan fingerprint density at radius 1 is 1.22 bits per heavy atom. The number of hydrogen-bond donors (Lipinski definition) is 4. The molecular weight excluding hydrogens is 348 g/mol. The van der Waals surface area contributed by atoms with Crippen molar-refractivity contribution in [3.8, 4) is 0 Å². The van der Waals surface area contributed by atoms with Gasteiger partial charge in [-0.15, -0.1) is 0 Å². The molecule has 0 aromatic rings. The van der Waals surface area contributed by atoms with Gasteiger partial charge in [0, 0.05) is 18.3 Å². The molecule has 0 aromatic heterocycles. The molecule has 4 aliphatic rings. The van der Waals surface area contributed by atoms with Crippen LogP contribution in [0.4, 0.5) is 0 Å². The average molecular weight is 380 g/mol. The molecule has 4 fully saturated rings. The Hall–Kier alpha value is -0.820. The molecular formula is C21H32O6. The summed E-state index contributed by atoms with van der Waals surface area (Å²) in [6, 6.07) is 0. The Kier molecular flexibility index (Phi) is 4.39. The van der Waals surface area contributed by atoms with Crippen LogP contribution < -0.4 is 0 Å². The zero-order valence-corrected chi connectivity index (χ0v) is 16.2. The molecule has 4 N–H and O–H groups in total. The van der Waals surface area contributed by atoms with Gasteiger partial charge in [-0.1, -0.05) is 13.8 Å². The summed E-state index contributed by atoms with van der Waals surface area (Å²) in [6.07, 6.45) is 2.29. The number of carbonyl (C=O) groups is 2. The van der Waals surface area contributed by atoms with Gasteiger partial charge in [0.05, 0.1) is 12.2 Å². The highest BCUT2D eigenvalue weighted by molar-refractivity contribution is 5.90. The van der Waals surface area contributed by atoms with Crippen LogP contribution in [0.25, 0.3) is 0 Å². The van der Waals surface area contributed by atoms with E-state index in [4.69, 9.17) is 0 Å². The summed E-state index contributed by atoms with van der Waals surface area (Å²) < 4.78 is 0. The summed E-state index contributed by atoms with van der Waals surface area (Å²) in [5.41, 5.74) is -3.09. The number of ketones is 2. The van der Waals surface area contributed by atoms with Crippen LogP contribution in [0.15, 0.2) is 0 Å². The molecule has 152 valence electrons. The van der Waals surface area contributed by atoms with Gasteiger partial charge in [-0.25, -0.2) is 0 Å². The molecule has 0 heterocycles. The number of aliphatic hydroxyl groups is 4. The number of hydrogen-bond acceptors (Lipinski definition) is 6. The molecule has 6 heteroatoms. The van der Waals surface area contributed by atoms with Crippen LogP contribution in [0.3, 0.4) is 0 Å². The molecule has 4 saturated carbocycles. The molecule has 0 spiro atoms. The SMILES string of the molecule is C[C@]12CCC(=O)CC1CC[C@@H]1[C@@H]2C(O)C[C@@]2(C)[C@H]1CC(O)[C@]2(O)C(=O)CO. The highest BCUT2D eigenvalue weighted by atomic mass is 16.4. The normalized spacial score (nSPS) is 54.8. The zero-order chi connectivity index (χ0) is 19.8. The second-order valence-corrected chi connectivity index (χ2v) is 10.1. The fraction of sp³-hybridized carbons (Fsp3) is 0.905. The van der Waals surface area contributed by atoms with Crippen molar-refractivity contribution in [1.82, 2.24) is 0 Å². The largest absolute Gasteiger partial charge is 0.393 e. The molecule has 4 rings (SSSR count). The van der Waals surface area contributed by atoms with Gasteiger partial charge in [-0.3, -0.25) is 9.59 Å². The number of Topliss-reactive ketones (excluding diaryl/α,β-unsaturated/α-hetero) is 2. The first-order valence-electron chi connectivity index (χ1n) is 10.3. The predicted octanol–water partition coefficient (Wildman–Crippen LogP) is 0.832. The van der Waals surface area contributed by atoms with E-state index in [1.54, 1.807) is 6.92 Å². The van der Waals surface area contributed by atoms with Crippen LogP contribution in [-0.2, 0) is 9.59 Å². The first-order valence-corrected chi connectivity index (χ1v) is 10.3. The van der Waals surface area contributed by atoms with Gasteiger partial charge in [0.25, 0.3) is 0 Å². The molecule has 3 unspecified atom stereocenters. The maximum absolute atomic E-state index is 12.4. The Balaban J connectivity index is 1.73. The van der Waals surface area contributed by atoms with Gasteiger partial charge in [0.1, 0.15) is 12.4 Å². The first kappa shape index (κ1) is 19.5. The van der Waals surface area contributed by atoms with E-state index in [-0.39, 0.29) is 35.5 Å². The number of fused-ring (bicyclic) bond motifs is 5. The quantitative estimate of drug-likeness (QED) is 0.564. The Labute approximate surface area is 160 Å². The molecule has 0 aliphatic heterocycles. The summed E-state index contributed by atoms with van der Waals surface area (Å²) in [5.74, 6) is -0.135. The molecule has 0 saturated heterocycles. The van der Waals surface area contributed by atoms with E-state index in [2.05, 4.69) is 6.92 Å². The van der Waals surface area contributed by atoms with E-state index < -0.39 is 35.6 Å². The van der Waals surface area contributed by atoms with Crippen LogP contribution in [0.2, 0.25) is 0 Å². The fourth-order valence-electron chi connectivity index (χ4n) is 7.81. The second-order valence-electron chi connectivity index (χ2n) is 10.1. The summed E-state index contributed by atoms with van der Waals surface area (Å²) in [5, 5.41) is 42.4. The van der Waals surface area contributed by atoms with Crippen molar-refractivity contribution in [3.05, 3.63) is 0 Å². The van der Waals surface area contributed by atoms with Crippen LogP contribution in [0.1, 0.15) is 58.8 Å². The summed E-state index contributed by atoms with van der Waals surface area (Å²) in [6.45, 7) is 3.17. The molecule has 0 amide bonds. The van der Waals surface area contributed by atoms with Gasteiger partial charge in [-0.2, -0.15) is 0 Å². The monoisotopic (exact) mass is 380 g/mol. The van der Waals surface area contributed by atoms with Crippen molar-refractivity contribution in [2.45, 2.75) is 76.6 Å². The van der Waals surface area contributed by atoms with Gasteiger partial charge in [0.2, 0.25) is 0 Å². The molecule has 27 heavy (non-hydrogen) atoms. The maximum Gasteiger partial charge on any atom is 0.192 e. The number of carbonyl (C=O) groups excluding carboxylic acids is 2. The van der Waals surface area contributed by atoms with E-state index in [9.17, 15) is 30.0 Å². The smallest absolute Gasteiger partial charge is 0.192 e. The van der Waals surface area contributed by atoms with E-state index in [1.165, 1.54) is 0 Å². The second kappa shape index (κ2) is 6.09. The van der Waals surface area contributed by atoms with Crippen molar-refractivity contribution in [3.63, 3.8) is 0 Å². The summed E-state index contributed by atoms with van der Waals surface area (Å²) >= 11 is 0. The summed E-state index contributed by atoms with van der Waals surface area (Å²) in [4.78, 5) is 24.4. The molecule has 0 aromatic carbocycles. The lowest BCUT2D eigenvalue weighted by Crippen LogP contribution is -2.64. The lowest BCUT2D eigenvalue weighted by molar-refractivity contribution is -0.205. The van der Waals surface area contributed by atoms with Crippen molar-refractivity contribution in [1.29, 1.82) is 0 Å². The average Bonchev–Trinajstić information content (AvgIpc) is 2.82. The van der Waals surface area contributed by atoms with Gasteiger partial charge in [-0.05, 0) is 61.2 Å². The van der Waals surface area contributed by atoms with Gasteiger partial charge >= 0.3 is 0 Å². The minimum atomic E-state index is -2.02. The van der Waals surface area contributed by atoms with Gasteiger partial charge < -0.3 is 20.4 Å². The third kappa shape index (κ3) is 2.33. The highest BCUT2D eigenvalue weighted by Gasteiger charge is 2.71. The minimum Gasteiger partial charge on any atom is -0.393 e. The standard InChI is InChI=1S/C21H32O6/c1-19-6-5-12(23)7-11(19)3-4-13-14-8-16(25)21(27,17(26)10-22)20(14,2)9-15(24)18(13)19/h11,13-16,18,22,24-25,27H,3-10H2,1-2H3/t11?,13-,14-,15?,16?,18+,19-,20-,21-/m0/s1. The third-order valence-corrected chi connectivity index (χ3v) is 9.20. The van der Waals surface area contributed by atoms with E-state index >= 15 is 0 Å². The van der Waals surface area contributed by atoms with E-state index in [0.29, 0.717) is 25.0 Å². The van der Waals surface area contributed by atoms with Crippen LogP contribution in [-0.4, -0.2) is 56.4 Å². The van der Waals surface area contributed by atoms with E-state index in [0.717, 1.165) is 19.3 Å². The molecule has 4 aliphatic carbocycles. The summed E-state index contributed by atoms with van der Waals surface area (Å²) in [7, 11) is 0. The van der Waals surface area contributed by atoms with Crippen molar-refractivity contribution in [2.24, 2.45) is 34.5 Å². The fourth-order valence-corrected chi connectivity index (χ4v) is 7.81. The highest BCUT2D eigenvalue weighted by Crippen LogP contribution is 2.68. The van der Waals surface area contributed by atoms with Gasteiger partial charge in [0.15, 0.2) is 11.4 Å². The van der Waals surface area contributed by atoms with Crippen LogP contribution >= 0.6 is 0 Å². The van der Waals surface area contributed by atoms with Crippen molar-refractivity contribution >= 4 is 11.6 Å². The van der Waals surface area contributed by atoms with Crippen LogP contribution in [0, 0.1) is 34.5 Å². The lowest BCUT2D eigenvalue weighted by Gasteiger charge is -2.62. The van der Waals surface area contributed by atoms with Crippen molar-refractivity contribution in [2.75, 3.05) is 6.61 Å². The predicted molar refractivity (Wildman–Crippen MR) is 96.6 cm³/mol. The third-order valence-electron chi connectivity index (χ3n) is 9.20. The van der Waals surface area contributed by atoms with Crippen molar-refractivity contribution < 1.29 is 30.0 Å². The van der Waals surface area contributed by atoms with E-state index in [1.807, 2.05) is 0 Å². The minimum absolute atomic E-state index is 0.0150. The first-order chi connectivity index (χ1) is 12.6. The molecule has 0 bridgehead atoms.